The first kappa shape index (κ1) is 21.0. The van der Waals surface area contributed by atoms with E-state index in [9.17, 15) is 0 Å². The third-order valence-electron chi connectivity index (χ3n) is 4.86. The molecule has 2 N–H and O–H groups in total. The molecule has 0 aromatic carbocycles. The molecule has 0 amide bonds. The predicted molar refractivity (Wildman–Crippen MR) is 108 cm³/mol. The molecule has 3 atom stereocenters. The number of ether oxygens (including phenoxy) is 1. The van der Waals surface area contributed by atoms with Gasteiger partial charge in [0, 0.05) is 32.2 Å². The Labute approximate surface area is 159 Å². The second-order valence-corrected chi connectivity index (χ2v) is 7.14. The van der Waals surface area contributed by atoms with Crippen LogP contribution in [0, 0.1) is 0 Å². The molecule has 2 saturated heterocycles. The molecule has 2 aliphatic rings. The highest BCUT2D eigenvalue weighted by Gasteiger charge is 2.41. The largest absolute Gasteiger partial charge is 0.373 e. The van der Waals surface area contributed by atoms with Crippen LogP contribution in [0.4, 0.5) is 0 Å². The topological polar surface area (TPSA) is 48.9 Å². The summed E-state index contributed by atoms with van der Waals surface area (Å²) in [5.74, 6) is 0.918. The van der Waals surface area contributed by atoms with Crippen LogP contribution in [0.15, 0.2) is 4.99 Å². The molecule has 6 heteroatoms. The molecule has 0 aliphatic carbocycles. The van der Waals surface area contributed by atoms with E-state index in [2.05, 4.69) is 48.2 Å². The van der Waals surface area contributed by atoms with Gasteiger partial charge in [-0.3, -0.25) is 9.89 Å². The van der Waals surface area contributed by atoms with Crippen molar-refractivity contribution >= 4 is 29.9 Å². The number of hydrogen-bond donors (Lipinski definition) is 2. The minimum absolute atomic E-state index is 0. The van der Waals surface area contributed by atoms with Crippen molar-refractivity contribution in [2.75, 3.05) is 20.1 Å². The van der Waals surface area contributed by atoms with Crippen molar-refractivity contribution in [2.24, 2.45) is 4.99 Å². The maximum atomic E-state index is 5.89. The maximum absolute atomic E-state index is 5.89. The molecule has 0 radical (unpaired) electrons. The van der Waals surface area contributed by atoms with Gasteiger partial charge >= 0.3 is 0 Å². The zero-order valence-electron chi connectivity index (χ0n) is 15.3. The monoisotopic (exact) mass is 438 g/mol. The fraction of sp³-hybridized carbons (Fsp3) is 0.941. The highest BCUT2D eigenvalue weighted by molar-refractivity contribution is 14.0. The fourth-order valence-electron chi connectivity index (χ4n) is 3.74. The first-order valence-corrected chi connectivity index (χ1v) is 8.89. The molecule has 5 nitrogen and oxygen atoms in total. The van der Waals surface area contributed by atoms with Crippen molar-refractivity contribution in [3.63, 3.8) is 0 Å². The summed E-state index contributed by atoms with van der Waals surface area (Å²) in [6.07, 6.45) is 5.54. The molecule has 2 aliphatic heterocycles. The SMILES string of the molecule is CN=C(NCCCN(C(C)C)C(C)C)NC1CC2CCC1O2.I. The molecule has 23 heavy (non-hydrogen) atoms. The van der Waals surface area contributed by atoms with E-state index in [4.69, 9.17) is 4.74 Å². The van der Waals surface area contributed by atoms with E-state index in [0.717, 1.165) is 31.9 Å². The number of nitrogens with one attached hydrogen (secondary N) is 2. The number of hydrogen-bond acceptors (Lipinski definition) is 3. The standard InChI is InChI=1S/C17H34N4O.HI/c1-12(2)21(13(3)4)10-6-9-19-17(18-5)20-15-11-14-7-8-16(15)22-14;/h12-16H,6-11H2,1-5H3,(H2,18,19,20);1H. The molecule has 2 heterocycles. The van der Waals surface area contributed by atoms with Gasteiger partial charge in [-0.2, -0.15) is 0 Å². The lowest BCUT2D eigenvalue weighted by molar-refractivity contribution is 0.0992. The third-order valence-corrected chi connectivity index (χ3v) is 4.86. The maximum Gasteiger partial charge on any atom is 0.191 e. The second-order valence-electron chi connectivity index (χ2n) is 7.14. The van der Waals surface area contributed by atoms with E-state index in [1.807, 2.05) is 7.05 Å². The van der Waals surface area contributed by atoms with Gasteiger partial charge in [0.2, 0.25) is 0 Å². The highest BCUT2D eigenvalue weighted by Crippen LogP contribution is 2.34. The number of rotatable bonds is 7. The predicted octanol–water partition coefficient (Wildman–Crippen LogP) is 2.60. The lowest BCUT2D eigenvalue weighted by Crippen LogP contribution is -2.48. The summed E-state index contributed by atoms with van der Waals surface area (Å²) in [7, 11) is 1.85. The van der Waals surface area contributed by atoms with Gasteiger partial charge in [-0.15, -0.1) is 24.0 Å². The van der Waals surface area contributed by atoms with E-state index in [-0.39, 0.29) is 24.0 Å². The van der Waals surface area contributed by atoms with Crippen molar-refractivity contribution in [3.05, 3.63) is 0 Å². The van der Waals surface area contributed by atoms with E-state index >= 15 is 0 Å². The van der Waals surface area contributed by atoms with Crippen LogP contribution in [-0.2, 0) is 4.74 Å². The Morgan fingerprint density at radius 3 is 2.39 bits per heavy atom. The van der Waals surface area contributed by atoms with Crippen LogP contribution < -0.4 is 10.6 Å². The van der Waals surface area contributed by atoms with Gasteiger partial charge in [0.05, 0.1) is 18.2 Å². The molecule has 136 valence electrons. The molecule has 0 aromatic heterocycles. The average molecular weight is 438 g/mol. The molecule has 2 rings (SSSR count). The van der Waals surface area contributed by atoms with Crippen molar-refractivity contribution in [1.29, 1.82) is 0 Å². The second kappa shape index (κ2) is 10.0. The Hall–Kier alpha value is -0.0800. The lowest BCUT2D eigenvalue weighted by Gasteiger charge is -2.30. The van der Waals surface area contributed by atoms with Crippen LogP contribution in [0.5, 0.6) is 0 Å². The minimum Gasteiger partial charge on any atom is -0.373 e. The van der Waals surface area contributed by atoms with Gasteiger partial charge < -0.3 is 15.4 Å². The molecule has 2 bridgehead atoms. The Bertz CT molecular complexity index is 368. The minimum atomic E-state index is 0. The molecule has 0 aromatic rings. The first-order valence-electron chi connectivity index (χ1n) is 8.89. The van der Waals surface area contributed by atoms with E-state index in [1.54, 1.807) is 0 Å². The molecule has 0 saturated carbocycles. The van der Waals surface area contributed by atoms with Crippen LogP contribution in [-0.4, -0.2) is 61.3 Å². The zero-order valence-corrected chi connectivity index (χ0v) is 17.7. The van der Waals surface area contributed by atoms with Crippen molar-refractivity contribution in [2.45, 2.75) is 83.7 Å². The summed E-state index contributed by atoms with van der Waals surface area (Å²) >= 11 is 0. The summed E-state index contributed by atoms with van der Waals surface area (Å²) < 4.78 is 5.89. The average Bonchev–Trinajstić information content (AvgIpc) is 3.07. The summed E-state index contributed by atoms with van der Waals surface area (Å²) in [6.45, 7) is 11.1. The van der Waals surface area contributed by atoms with Crippen LogP contribution >= 0.6 is 24.0 Å². The number of aliphatic imine (C=N–C) groups is 1. The van der Waals surface area contributed by atoms with Crippen LogP contribution in [0.1, 0.15) is 53.4 Å². The van der Waals surface area contributed by atoms with E-state index in [1.165, 1.54) is 12.8 Å². The summed E-state index contributed by atoms with van der Waals surface area (Å²) in [6, 6.07) is 1.64. The van der Waals surface area contributed by atoms with Crippen LogP contribution in [0.2, 0.25) is 0 Å². The van der Waals surface area contributed by atoms with Gasteiger partial charge in [-0.1, -0.05) is 0 Å². The number of nitrogens with zero attached hydrogens (tertiary/aromatic N) is 2. The molecular formula is C17H35IN4O. The Morgan fingerprint density at radius 1 is 1.22 bits per heavy atom. The Kier molecular flexibility index (Phi) is 9.15. The summed E-state index contributed by atoms with van der Waals surface area (Å²) in [4.78, 5) is 6.88. The quantitative estimate of drug-likeness (QED) is 0.278. The smallest absolute Gasteiger partial charge is 0.191 e. The Balaban J connectivity index is 0.00000264. The Morgan fingerprint density at radius 2 is 1.91 bits per heavy atom. The molecule has 3 unspecified atom stereocenters. The van der Waals surface area contributed by atoms with Crippen molar-refractivity contribution < 1.29 is 4.74 Å². The lowest BCUT2D eigenvalue weighted by atomic mass is 9.96. The number of fused-ring (bicyclic) bond motifs is 2. The first-order chi connectivity index (χ1) is 10.5. The molecule has 2 fully saturated rings. The van der Waals surface area contributed by atoms with Gasteiger partial charge in [0.1, 0.15) is 0 Å². The molecule has 0 spiro atoms. The van der Waals surface area contributed by atoms with Gasteiger partial charge in [0.15, 0.2) is 5.96 Å². The van der Waals surface area contributed by atoms with Crippen LogP contribution in [0.25, 0.3) is 0 Å². The summed E-state index contributed by atoms with van der Waals surface area (Å²) in [5, 5.41) is 6.98. The van der Waals surface area contributed by atoms with Gasteiger partial charge in [0.25, 0.3) is 0 Å². The number of guanidine groups is 1. The molecular weight excluding hydrogens is 403 g/mol. The van der Waals surface area contributed by atoms with Crippen molar-refractivity contribution in [1.82, 2.24) is 15.5 Å². The van der Waals surface area contributed by atoms with Gasteiger partial charge in [-0.05, 0) is 53.4 Å². The summed E-state index contributed by atoms with van der Waals surface area (Å²) in [5.41, 5.74) is 0. The van der Waals surface area contributed by atoms with Crippen molar-refractivity contribution in [3.8, 4) is 0 Å². The zero-order chi connectivity index (χ0) is 16.1. The fourth-order valence-corrected chi connectivity index (χ4v) is 3.74. The van der Waals surface area contributed by atoms with Crippen LogP contribution in [0.3, 0.4) is 0 Å². The van der Waals surface area contributed by atoms with E-state index < -0.39 is 0 Å². The van der Waals surface area contributed by atoms with Gasteiger partial charge in [-0.25, -0.2) is 0 Å². The normalized spacial score (nSPS) is 27.0. The number of halogens is 1. The highest BCUT2D eigenvalue weighted by atomic mass is 127. The third kappa shape index (κ3) is 6.05. The van der Waals surface area contributed by atoms with E-state index in [0.29, 0.717) is 30.3 Å².